The lowest BCUT2D eigenvalue weighted by molar-refractivity contribution is -0.156. The largest absolute Gasteiger partial charge is 0.457 e. The molecule has 1 aromatic carbocycles. The first-order valence-electron chi connectivity index (χ1n) is 13.4. The predicted octanol–water partition coefficient (Wildman–Crippen LogP) is 4.29. The third-order valence-corrected chi connectivity index (χ3v) is 9.24. The van der Waals surface area contributed by atoms with Gasteiger partial charge in [0.2, 0.25) is 0 Å². The van der Waals surface area contributed by atoms with Gasteiger partial charge in [-0.2, -0.15) is 0 Å². The number of carbonyl (C=O) groups is 2. The number of aliphatic hydroxyl groups is 2. The fourth-order valence-electron chi connectivity index (χ4n) is 6.38. The number of hydrogen-bond donors (Lipinski definition) is 2. The van der Waals surface area contributed by atoms with Crippen LogP contribution in [0.3, 0.4) is 0 Å². The van der Waals surface area contributed by atoms with Crippen LogP contribution >= 0.6 is 0 Å². The zero-order valence-electron chi connectivity index (χ0n) is 22.6. The van der Waals surface area contributed by atoms with Gasteiger partial charge in [-0.3, -0.25) is 9.59 Å². The van der Waals surface area contributed by atoms with Gasteiger partial charge in [0.1, 0.15) is 17.4 Å². The number of hydrogen-bond acceptors (Lipinski definition) is 8. The highest BCUT2D eigenvalue weighted by atomic mass is 16.6. The number of cyclic esters (lactones) is 1. The summed E-state index contributed by atoms with van der Waals surface area (Å²) in [6.45, 7) is 10.9. The van der Waals surface area contributed by atoms with Gasteiger partial charge in [0.15, 0.2) is 11.5 Å². The van der Waals surface area contributed by atoms with Crippen LogP contribution in [0.25, 0.3) is 11.1 Å². The van der Waals surface area contributed by atoms with Crippen LogP contribution in [0.4, 0.5) is 0 Å². The van der Waals surface area contributed by atoms with E-state index in [9.17, 15) is 19.8 Å². The lowest BCUT2D eigenvalue weighted by Crippen LogP contribution is -2.46. The summed E-state index contributed by atoms with van der Waals surface area (Å²) >= 11 is 0. The molecule has 37 heavy (non-hydrogen) atoms. The van der Waals surface area contributed by atoms with Gasteiger partial charge in [0.05, 0.1) is 35.7 Å². The molecule has 1 aromatic heterocycles. The van der Waals surface area contributed by atoms with Crippen molar-refractivity contribution in [2.45, 2.75) is 97.2 Å². The minimum Gasteiger partial charge on any atom is -0.457 e. The van der Waals surface area contributed by atoms with Gasteiger partial charge >= 0.3 is 5.97 Å². The van der Waals surface area contributed by atoms with Crippen molar-refractivity contribution in [3.8, 4) is 0 Å². The molecule has 3 fully saturated rings. The van der Waals surface area contributed by atoms with Gasteiger partial charge in [-0.05, 0) is 55.2 Å². The number of aromatic nitrogens is 1. The minimum absolute atomic E-state index is 0.0408. The number of aryl methyl sites for hydroxylation is 1. The van der Waals surface area contributed by atoms with E-state index in [0.717, 1.165) is 18.4 Å². The molecule has 202 valence electrons. The van der Waals surface area contributed by atoms with Crippen molar-refractivity contribution in [3.05, 3.63) is 29.7 Å². The molecular weight excluding hydrogens is 474 g/mol. The second-order valence-corrected chi connectivity index (χ2v) is 12.4. The Bertz CT molecular complexity index is 1200. The molecule has 3 aliphatic rings. The van der Waals surface area contributed by atoms with E-state index in [0.29, 0.717) is 35.2 Å². The normalized spacial score (nSPS) is 40.5. The van der Waals surface area contributed by atoms with Crippen LogP contribution in [-0.2, 0) is 19.1 Å². The maximum absolute atomic E-state index is 13.4. The Kier molecular flexibility index (Phi) is 6.52. The van der Waals surface area contributed by atoms with Crippen LogP contribution in [0.15, 0.2) is 22.6 Å². The Morgan fingerprint density at radius 2 is 1.81 bits per heavy atom. The van der Waals surface area contributed by atoms with E-state index >= 15 is 0 Å². The number of fused-ring (bicyclic) bond motifs is 3. The number of Topliss-reactive ketones (excluding diaryl/α,β-unsaturated/α-hetero) is 1. The van der Waals surface area contributed by atoms with Gasteiger partial charge in [-0.15, -0.1) is 0 Å². The molecule has 4 unspecified atom stereocenters. The summed E-state index contributed by atoms with van der Waals surface area (Å²) in [5.74, 6) is -0.229. The summed E-state index contributed by atoms with van der Waals surface area (Å²) in [7, 11) is 0. The smallest absolute Gasteiger partial charge is 0.309 e. The highest BCUT2D eigenvalue weighted by Gasteiger charge is 2.58. The summed E-state index contributed by atoms with van der Waals surface area (Å²) < 4.78 is 17.7. The fraction of sp³-hybridized carbons (Fsp3) is 0.690. The van der Waals surface area contributed by atoms with Crippen LogP contribution in [0.5, 0.6) is 0 Å². The molecule has 5 rings (SSSR count). The molecule has 8 nitrogen and oxygen atoms in total. The van der Waals surface area contributed by atoms with Crippen molar-refractivity contribution >= 4 is 22.9 Å². The second-order valence-electron chi connectivity index (χ2n) is 12.4. The quantitative estimate of drug-likeness (QED) is 0.428. The third kappa shape index (κ3) is 4.95. The highest BCUT2D eigenvalue weighted by Crippen LogP contribution is 2.56. The number of aliphatic hydroxyl groups excluding tert-OH is 2. The summed E-state index contributed by atoms with van der Waals surface area (Å²) in [5, 5.41) is 22.0. The standard InChI is InChI=1S/C29H39NO7/c1-14-19-9-18(19)13-29(6)24(37-29)11-22(17-7-8-21-20(10-17)30-16(3)35-21)36-25(32)12-23(31)28(4,5)27(34)15(2)26(14)33/h7-8,10,14-15,18-19,22-24,26,31,33H,9,11-13H2,1-6H3/t14-,15+,18?,19?,22-,23-,24?,26-,29?/m0/s1. The van der Waals surface area contributed by atoms with Gasteiger partial charge in [-0.25, -0.2) is 4.98 Å². The van der Waals surface area contributed by atoms with E-state index in [-0.39, 0.29) is 29.8 Å². The van der Waals surface area contributed by atoms with E-state index in [1.54, 1.807) is 27.7 Å². The van der Waals surface area contributed by atoms with Crippen LogP contribution in [-0.4, -0.2) is 50.9 Å². The van der Waals surface area contributed by atoms with Gasteiger partial charge in [0.25, 0.3) is 0 Å². The van der Waals surface area contributed by atoms with Gasteiger partial charge < -0.3 is 24.1 Å². The van der Waals surface area contributed by atoms with Crippen LogP contribution in [0.1, 0.15) is 77.9 Å². The Hall–Kier alpha value is -2.29. The summed E-state index contributed by atoms with van der Waals surface area (Å²) in [4.78, 5) is 30.9. The van der Waals surface area contributed by atoms with Crippen molar-refractivity contribution in [1.29, 1.82) is 0 Å². The van der Waals surface area contributed by atoms with E-state index in [1.807, 2.05) is 25.1 Å². The summed E-state index contributed by atoms with van der Waals surface area (Å²) in [6.07, 6.45) is -0.696. The maximum Gasteiger partial charge on any atom is 0.309 e. The SMILES string of the molecule is Cc1nc2cc([C@@H]3CC4OC4(C)CC4CC4[C@H](C)[C@H](O)[C@@H](C)C(=O)C(C)(C)[C@@H](O)CC(=O)O3)ccc2o1. The Labute approximate surface area is 217 Å². The zero-order valence-corrected chi connectivity index (χ0v) is 22.6. The first kappa shape index (κ1) is 26.3. The van der Waals surface area contributed by atoms with E-state index < -0.39 is 35.6 Å². The number of ether oxygens (including phenoxy) is 2. The number of ketones is 1. The van der Waals surface area contributed by atoms with Gasteiger partial charge in [0, 0.05) is 19.3 Å². The molecule has 1 saturated carbocycles. The number of carbonyl (C=O) groups excluding carboxylic acids is 2. The predicted molar refractivity (Wildman–Crippen MR) is 135 cm³/mol. The van der Waals surface area contributed by atoms with Crippen LogP contribution in [0.2, 0.25) is 0 Å². The average molecular weight is 514 g/mol. The Morgan fingerprint density at radius 3 is 2.54 bits per heavy atom. The Balaban J connectivity index is 1.44. The van der Waals surface area contributed by atoms with Crippen molar-refractivity contribution < 1.29 is 33.7 Å². The first-order valence-corrected chi connectivity index (χ1v) is 13.4. The maximum atomic E-state index is 13.4. The molecular formula is C29H39NO7. The molecule has 2 aromatic rings. The average Bonchev–Trinajstić information content (AvgIpc) is 3.69. The monoisotopic (exact) mass is 513 g/mol. The molecule has 0 spiro atoms. The second kappa shape index (κ2) is 9.17. The number of benzene rings is 1. The first-order chi connectivity index (χ1) is 17.3. The van der Waals surface area contributed by atoms with Crippen LogP contribution in [0, 0.1) is 36.0 Å². The van der Waals surface area contributed by atoms with E-state index in [4.69, 9.17) is 13.9 Å². The van der Waals surface area contributed by atoms with E-state index in [1.165, 1.54) is 0 Å². The minimum atomic E-state index is -1.25. The topological polar surface area (TPSA) is 122 Å². The number of esters is 1. The molecule has 2 saturated heterocycles. The van der Waals surface area contributed by atoms with Crippen molar-refractivity contribution in [2.75, 3.05) is 0 Å². The molecule has 9 atom stereocenters. The number of epoxide rings is 1. The fourth-order valence-corrected chi connectivity index (χ4v) is 6.38. The van der Waals surface area contributed by atoms with Crippen molar-refractivity contribution in [1.82, 2.24) is 4.98 Å². The number of rotatable bonds is 1. The molecule has 2 aliphatic heterocycles. The zero-order chi connectivity index (χ0) is 26.9. The molecule has 8 heteroatoms. The summed E-state index contributed by atoms with van der Waals surface area (Å²) in [5.41, 5.74) is 0.599. The molecule has 3 heterocycles. The lowest BCUT2D eigenvalue weighted by atomic mass is 9.72. The molecule has 1 aliphatic carbocycles. The highest BCUT2D eigenvalue weighted by molar-refractivity contribution is 5.88. The van der Waals surface area contributed by atoms with E-state index in [2.05, 4.69) is 11.9 Å². The van der Waals surface area contributed by atoms with Crippen LogP contribution < -0.4 is 0 Å². The number of oxazole rings is 1. The third-order valence-electron chi connectivity index (χ3n) is 9.24. The molecule has 0 amide bonds. The number of nitrogens with zero attached hydrogens (tertiary/aromatic N) is 1. The lowest BCUT2D eigenvalue weighted by Gasteiger charge is -2.34. The van der Waals surface area contributed by atoms with Gasteiger partial charge in [-0.1, -0.05) is 33.8 Å². The van der Waals surface area contributed by atoms with Crippen molar-refractivity contribution in [2.24, 2.45) is 29.1 Å². The molecule has 2 N–H and O–H groups in total. The van der Waals surface area contributed by atoms with Crippen molar-refractivity contribution in [3.63, 3.8) is 0 Å². The Morgan fingerprint density at radius 1 is 1.08 bits per heavy atom. The molecule has 0 bridgehead atoms. The molecule has 0 radical (unpaired) electrons. The summed E-state index contributed by atoms with van der Waals surface area (Å²) in [6, 6.07) is 5.56.